The third-order valence-electron chi connectivity index (χ3n) is 2.14. The molecule has 0 aliphatic heterocycles. The number of carbonyl (C=O) groups excluding carboxylic acids is 1. The van der Waals surface area contributed by atoms with Crippen molar-refractivity contribution in [3.63, 3.8) is 0 Å². The van der Waals surface area contributed by atoms with Gasteiger partial charge in [0.1, 0.15) is 0 Å². The van der Waals surface area contributed by atoms with Crippen LogP contribution in [-0.2, 0) is 14.3 Å². The average molecular weight is 187 g/mol. The van der Waals surface area contributed by atoms with E-state index in [0.29, 0.717) is 6.42 Å². The Kier molecular flexibility index (Phi) is 6.59. The zero-order valence-corrected chi connectivity index (χ0v) is 8.71. The van der Waals surface area contributed by atoms with Gasteiger partial charge >= 0.3 is 5.97 Å². The SMILES string of the molecule is [CH2]CC(C(=O)OC)C(CCC)OC. The summed E-state index contributed by atoms with van der Waals surface area (Å²) in [6, 6.07) is 0. The predicted molar refractivity (Wildman–Crippen MR) is 51.2 cm³/mol. The highest BCUT2D eigenvalue weighted by molar-refractivity contribution is 5.73. The third-order valence-corrected chi connectivity index (χ3v) is 2.14. The van der Waals surface area contributed by atoms with Crippen LogP contribution in [0.1, 0.15) is 26.2 Å². The van der Waals surface area contributed by atoms with Crippen molar-refractivity contribution < 1.29 is 14.3 Å². The summed E-state index contributed by atoms with van der Waals surface area (Å²) in [5.41, 5.74) is 0. The molecule has 0 aromatic carbocycles. The van der Waals surface area contributed by atoms with Gasteiger partial charge in [-0.25, -0.2) is 0 Å². The van der Waals surface area contributed by atoms with Crippen LogP contribution in [0.5, 0.6) is 0 Å². The standard InChI is InChI=1S/C10H19O3/c1-5-7-9(12-3)8(6-2)10(11)13-4/h8-9H,2,5-7H2,1,3-4H3. The summed E-state index contributed by atoms with van der Waals surface area (Å²) in [6.45, 7) is 5.78. The van der Waals surface area contributed by atoms with E-state index < -0.39 is 0 Å². The van der Waals surface area contributed by atoms with Crippen molar-refractivity contribution in [3.8, 4) is 0 Å². The summed E-state index contributed by atoms with van der Waals surface area (Å²) in [5.74, 6) is -0.453. The van der Waals surface area contributed by atoms with E-state index >= 15 is 0 Å². The molecule has 1 radical (unpaired) electrons. The van der Waals surface area contributed by atoms with Crippen LogP contribution in [0, 0.1) is 12.8 Å². The maximum Gasteiger partial charge on any atom is 0.311 e. The summed E-state index contributed by atoms with van der Waals surface area (Å²) < 4.78 is 9.90. The first-order chi connectivity index (χ1) is 6.21. The van der Waals surface area contributed by atoms with Crippen LogP contribution in [0.4, 0.5) is 0 Å². The second kappa shape index (κ2) is 6.89. The molecule has 0 spiro atoms. The summed E-state index contributed by atoms with van der Waals surface area (Å²) in [4.78, 5) is 11.3. The molecule has 0 rings (SSSR count). The van der Waals surface area contributed by atoms with E-state index in [9.17, 15) is 4.79 Å². The normalized spacial score (nSPS) is 15.1. The number of esters is 1. The first kappa shape index (κ1) is 12.4. The van der Waals surface area contributed by atoms with E-state index in [1.165, 1.54) is 7.11 Å². The van der Waals surface area contributed by atoms with E-state index in [1.54, 1.807) is 7.11 Å². The van der Waals surface area contributed by atoms with E-state index in [-0.39, 0.29) is 18.0 Å². The van der Waals surface area contributed by atoms with Crippen molar-refractivity contribution in [2.45, 2.75) is 32.3 Å². The van der Waals surface area contributed by atoms with Crippen molar-refractivity contribution in [3.05, 3.63) is 6.92 Å². The minimum absolute atomic E-state index is 0.0602. The number of rotatable bonds is 6. The molecule has 0 saturated heterocycles. The number of methoxy groups -OCH3 is 2. The molecule has 2 unspecified atom stereocenters. The van der Waals surface area contributed by atoms with Crippen molar-refractivity contribution in [2.75, 3.05) is 14.2 Å². The predicted octanol–water partition coefficient (Wildman–Crippen LogP) is 1.81. The van der Waals surface area contributed by atoms with Crippen molar-refractivity contribution in [2.24, 2.45) is 5.92 Å². The third kappa shape index (κ3) is 3.77. The Morgan fingerprint density at radius 1 is 1.46 bits per heavy atom. The Morgan fingerprint density at radius 3 is 2.38 bits per heavy atom. The molecule has 0 bridgehead atoms. The second-order valence-electron chi connectivity index (χ2n) is 2.98. The van der Waals surface area contributed by atoms with Gasteiger partial charge in [0.05, 0.1) is 19.1 Å². The zero-order valence-electron chi connectivity index (χ0n) is 8.71. The summed E-state index contributed by atoms with van der Waals surface area (Å²) in [7, 11) is 3.01. The fraction of sp³-hybridized carbons (Fsp3) is 0.800. The Balaban J connectivity index is 4.23. The van der Waals surface area contributed by atoms with Crippen molar-refractivity contribution in [1.29, 1.82) is 0 Å². The largest absolute Gasteiger partial charge is 0.469 e. The van der Waals surface area contributed by atoms with Gasteiger partial charge in [0, 0.05) is 7.11 Å². The van der Waals surface area contributed by atoms with Crippen LogP contribution in [0.15, 0.2) is 0 Å². The molecule has 0 aromatic rings. The van der Waals surface area contributed by atoms with Gasteiger partial charge < -0.3 is 9.47 Å². The number of ether oxygens (including phenoxy) is 2. The Morgan fingerprint density at radius 2 is 2.08 bits per heavy atom. The van der Waals surface area contributed by atoms with Crippen LogP contribution in [-0.4, -0.2) is 26.3 Å². The van der Waals surface area contributed by atoms with Gasteiger partial charge in [-0.2, -0.15) is 0 Å². The lowest BCUT2D eigenvalue weighted by Crippen LogP contribution is -2.30. The number of carbonyl (C=O) groups is 1. The summed E-state index contributed by atoms with van der Waals surface area (Å²) in [6.07, 6.45) is 2.32. The van der Waals surface area contributed by atoms with Gasteiger partial charge in [-0.15, -0.1) is 0 Å². The van der Waals surface area contributed by atoms with Crippen LogP contribution in [0.2, 0.25) is 0 Å². The fourth-order valence-electron chi connectivity index (χ4n) is 1.37. The maximum atomic E-state index is 11.3. The molecule has 0 N–H and O–H groups in total. The topological polar surface area (TPSA) is 35.5 Å². The molecule has 13 heavy (non-hydrogen) atoms. The van der Waals surface area contributed by atoms with Gasteiger partial charge in [-0.05, 0) is 12.8 Å². The average Bonchev–Trinajstić information content (AvgIpc) is 2.17. The molecule has 0 aliphatic carbocycles. The molecule has 0 fully saturated rings. The molecule has 0 aliphatic rings. The smallest absolute Gasteiger partial charge is 0.311 e. The molecule has 3 heteroatoms. The van der Waals surface area contributed by atoms with Crippen LogP contribution >= 0.6 is 0 Å². The van der Waals surface area contributed by atoms with Gasteiger partial charge in [0.2, 0.25) is 0 Å². The van der Waals surface area contributed by atoms with Gasteiger partial charge in [0.15, 0.2) is 0 Å². The maximum absolute atomic E-state index is 11.3. The lowest BCUT2D eigenvalue weighted by Gasteiger charge is -2.22. The minimum Gasteiger partial charge on any atom is -0.469 e. The van der Waals surface area contributed by atoms with Gasteiger partial charge in [0.25, 0.3) is 0 Å². The lowest BCUT2D eigenvalue weighted by molar-refractivity contribution is -0.150. The second-order valence-corrected chi connectivity index (χ2v) is 2.98. The highest BCUT2D eigenvalue weighted by atomic mass is 16.5. The monoisotopic (exact) mass is 187 g/mol. The molecule has 0 heterocycles. The van der Waals surface area contributed by atoms with Crippen LogP contribution in [0.25, 0.3) is 0 Å². The summed E-state index contributed by atoms with van der Waals surface area (Å²) in [5, 5.41) is 0. The van der Waals surface area contributed by atoms with Gasteiger partial charge in [-0.1, -0.05) is 20.3 Å². The summed E-state index contributed by atoms with van der Waals surface area (Å²) >= 11 is 0. The highest BCUT2D eigenvalue weighted by Crippen LogP contribution is 2.17. The Bertz CT molecular complexity index is 145. The van der Waals surface area contributed by atoms with Crippen LogP contribution < -0.4 is 0 Å². The Labute approximate surface area is 80.4 Å². The van der Waals surface area contributed by atoms with E-state index in [2.05, 4.69) is 18.6 Å². The number of hydrogen-bond acceptors (Lipinski definition) is 3. The molecular weight excluding hydrogens is 168 g/mol. The van der Waals surface area contributed by atoms with Crippen molar-refractivity contribution >= 4 is 5.97 Å². The van der Waals surface area contributed by atoms with E-state index in [0.717, 1.165) is 12.8 Å². The quantitative estimate of drug-likeness (QED) is 0.595. The molecule has 77 valence electrons. The van der Waals surface area contributed by atoms with Crippen LogP contribution in [0.3, 0.4) is 0 Å². The van der Waals surface area contributed by atoms with E-state index in [4.69, 9.17) is 4.74 Å². The Hall–Kier alpha value is -0.570. The molecule has 0 aromatic heterocycles. The first-order valence-corrected chi connectivity index (χ1v) is 4.61. The first-order valence-electron chi connectivity index (χ1n) is 4.61. The van der Waals surface area contributed by atoms with Crippen molar-refractivity contribution in [1.82, 2.24) is 0 Å². The molecule has 3 nitrogen and oxygen atoms in total. The lowest BCUT2D eigenvalue weighted by atomic mass is 9.96. The minimum atomic E-state index is -0.227. The molecular formula is C10H19O3. The molecule has 2 atom stereocenters. The number of hydrogen-bond donors (Lipinski definition) is 0. The van der Waals surface area contributed by atoms with E-state index in [1.807, 2.05) is 0 Å². The highest BCUT2D eigenvalue weighted by Gasteiger charge is 2.26. The fourth-order valence-corrected chi connectivity index (χ4v) is 1.37. The molecule has 0 saturated carbocycles. The van der Waals surface area contributed by atoms with Gasteiger partial charge in [-0.3, -0.25) is 4.79 Å². The molecule has 0 amide bonds. The zero-order chi connectivity index (χ0) is 10.3.